The molecule has 3 aliphatic heterocycles. The molecule has 5 N–H and O–H groups in total. The van der Waals surface area contributed by atoms with Crippen molar-refractivity contribution in [1.29, 1.82) is 5.26 Å². The summed E-state index contributed by atoms with van der Waals surface area (Å²) in [6.45, 7) is 15.7. The number of ether oxygens (including phenoxy) is 4. The first-order valence-corrected chi connectivity index (χ1v) is 21.0. The van der Waals surface area contributed by atoms with Crippen LogP contribution in [0, 0.1) is 43.9 Å². The van der Waals surface area contributed by atoms with Gasteiger partial charge in [0.1, 0.15) is 46.7 Å². The van der Waals surface area contributed by atoms with Crippen molar-refractivity contribution in [1.82, 2.24) is 0 Å². The van der Waals surface area contributed by atoms with E-state index >= 15 is 0 Å². The number of anilines is 2. The molecule has 0 aliphatic carbocycles. The summed E-state index contributed by atoms with van der Waals surface area (Å²) in [6, 6.07) is 8.24. The number of fused-ring (bicyclic) bond motifs is 3. The highest BCUT2D eigenvalue weighted by atomic mass is 35.5. The maximum absolute atomic E-state index is 12.9. The molecular weight excluding hydrogens is 861 g/mol. The number of aliphatic hydroxyl groups excluding tert-OH is 2. The van der Waals surface area contributed by atoms with Crippen molar-refractivity contribution in [2.24, 2.45) is 11.8 Å². The molecule has 18 heteroatoms. The number of phenolic OH excluding ortho intramolecular Hbond substituents is 1. The standard InChI is InChI=1S/C23H29NO6.C19H23NO7.C3H3Cl2N/c1-12-9-14(3)20-16(10-12)24-19(26)11-18-21(30-23(5,6)29-18)17(25)8-7-13(2)15(4)28-22(20)27;1-9-6-12-17(14(22)7-9)19(26)27-11(3)10(2)4-5-13(21)18(25)15(23)8-16(24)20-12;4-3(5)1-2-6/h7-10,13,15,18,21H,11H2,1-6H3,(H,24,26);4-7,10-11,15,18,22-23,25H,8H2,1-3H3,(H,20,24);3H,1H2/b8-7-;5-4-;/t13-,15+,18+,21-;10-,11+,15+,18-;/m11./s1. The Kier molecular flexibility index (Phi) is 19.0. The number of benzene rings is 2. The van der Waals surface area contributed by atoms with E-state index in [1.54, 1.807) is 59.8 Å². The largest absolute Gasteiger partial charge is 0.507 e. The molecule has 16 nitrogen and oxygen atoms in total. The minimum Gasteiger partial charge on any atom is -0.507 e. The van der Waals surface area contributed by atoms with Crippen LogP contribution < -0.4 is 10.6 Å². The molecule has 63 heavy (non-hydrogen) atoms. The Morgan fingerprint density at radius 1 is 0.762 bits per heavy atom. The summed E-state index contributed by atoms with van der Waals surface area (Å²) < 4.78 is 22.6. The third-order valence-corrected chi connectivity index (χ3v) is 10.3. The molecule has 2 aromatic carbocycles. The molecule has 3 heterocycles. The van der Waals surface area contributed by atoms with Gasteiger partial charge in [0.05, 0.1) is 48.4 Å². The van der Waals surface area contributed by atoms with E-state index in [2.05, 4.69) is 10.6 Å². The molecule has 8 atom stereocenters. The SMILES string of the molecule is Cc1cc(C)c2c(c1)NC(=O)C[C@@H]1OC(C)(C)O[C@@H]1C(=O)/C=C\[C@@H](C)[C@H](C)OC2=O.Cc1cc(O)c2c(c1)NC(=O)C[C@H](O)[C@H](O)C(=O)/C=C\[C@@H](C)[C@H](C)OC2=O.N#CCC(Cl)Cl. The van der Waals surface area contributed by atoms with Gasteiger partial charge in [-0.05, 0) is 95.5 Å². The summed E-state index contributed by atoms with van der Waals surface area (Å²) in [5.74, 6) is -5.41. The van der Waals surface area contributed by atoms with Crippen LogP contribution in [0.25, 0.3) is 0 Å². The van der Waals surface area contributed by atoms with E-state index in [0.717, 1.165) is 11.6 Å². The van der Waals surface area contributed by atoms with Crippen LogP contribution in [0.15, 0.2) is 48.6 Å². The van der Waals surface area contributed by atoms with E-state index in [4.69, 9.17) is 47.4 Å². The Labute approximate surface area is 376 Å². The number of nitrogens with zero attached hydrogens (tertiary/aromatic N) is 1. The molecular formula is C45H55Cl2N3O13. The second kappa shape index (κ2) is 23.0. The lowest BCUT2D eigenvalue weighted by molar-refractivity contribution is -0.153. The molecule has 0 saturated carbocycles. The Hall–Kier alpha value is -5.15. The Bertz CT molecular complexity index is 2150. The predicted octanol–water partition coefficient (Wildman–Crippen LogP) is 6.25. The normalized spacial score (nSPS) is 27.6. The summed E-state index contributed by atoms with van der Waals surface area (Å²) in [7, 11) is 0. The van der Waals surface area contributed by atoms with Gasteiger partial charge < -0.3 is 44.9 Å². The van der Waals surface area contributed by atoms with Gasteiger partial charge >= 0.3 is 11.9 Å². The van der Waals surface area contributed by atoms with Crippen LogP contribution in [0.5, 0.6) is 5.75 Å². The average molecular weight is 917 g/mol. The maximum atomic E-state index is 12.9. The molecule has 2 aromatic rings. The number of esters is 2. The number of ketones is 2. The number of alkyl halides is 2. The first-order valence-electron chi connectivity index (χ1n) is 20.1. The van der Waals surface area contributed by atoms with Crippen molar-refractivity contribution in [3.05, 3.63) is 76.4 Å². The molecule has 3 aliphatic rings. The molecule has 0 bridgehead atoms. The summed E-state index contributed by atoms with van der Waals surface area (Å²) in [5, 5.41) is 43.1. The fraction of sp³-hybridized carbons (Fsp3) is 0.489. The molecule has 1 fully saturated rings. The average Bonchev–Trinajstić information content (AvgIpc) is 3.47. The van der Waals surface area contributed by atoms with Crippen LogP contribution in [-0.4, -0.2) is 97.9 Å². The number of aliphatic hydroxyl groups is 2. The zero-order valence-electron chi connectivity index (χ0n) is 36.6. The summed E-state index contributed by atoms with van der Waals surface area (Å²) >= 11 is 10.2. The van der Waals surface area contributed by atoms with Gasteiger partial charge in [-0.2, -0.15) is 5.26 Å². The van der Waals surface area contributed by atoms with Crippen molar-refractivity contribution in [3.63, 3.8) is 0 Å². The first-order chi connectivity index (χ1) is 29.3. The van der Waals surface area contributed by atoms with Crippen LogP contribution in [0.3, 0.4) is 0 Å². The lowest BCUT2D eigenvalue weighted by Gasteiger charge is -2.21. The zero-order valence-corrected chi connectivity index (χ0v) is 38.1. The van der Waals surface area contributed by atoms with Gasteiger partial charge in [-0.1, -0.05) is 32.1 Å². The third kappa shape index (κ3) is 15.3. The number of halogens is 2. The van der Waals surface area contributed by atoms with E-state index in [1.807, 2.05) is 26.8 Å². The summed E-state index contributed by atoms with van der Waals surface area (Å²) in [5.41, 5.74) is 2.72. The number of cyclic esters (lactones) is 2. The van der Waals surface area contributed by atoms with Crippen molar-refractivity contribution < 1.29 is 63.0 Å². The van der Waals surface area contributed by atoms with Gasteiger partial charge in [-0.25, -0.2) is 9.59 Å². The summed E-state index contributed by atoms with van der Waals surface area (Å²) in [4.78, 5) is 74.6. The predicted molar refractivity (Wildman–Crippen MR) is 233 cm³/mol. The second-order valence-corrected chi connectivity index (χ2v) is 17.3. The summed E-state index contributed by atoms with van der Waals surface area (Å²) in [6.07, 6.45) is -0.915. The van der Waals surface area contributed by atoms with Crippen molar-refractivity contribution in [2.75, 3.05) is 10.6 Å². The number of aromatic hydroxyl groups is 1. The number of carbonyl (C=O) groups excluding carboxylic acids is 6. The molecule has 0 radical (unpaired) electrons. The van der Waals surface area contributed by atoms with Crippen LogP contribution in [0.1, 0.15) is 98.2 Å². The highest BCUT2D eigenvalue weighted by Crippen LogP contribution is 2.33. The highest BCUT2D eigenvalue weighted by molar-refractivity contribution is 6.44. The van der Waals surface area contributed by atoms with E-state index in [1.165, 1.54) is 24.3 Å². The Balaban J connectivity index is 0.000000298. The monoisotopic (exact) mass is 915 g/mol. The first kappa shape index (κ1) is 52.2. The second-order valence-electron chi connectivity index (χ2n) is 16.0. The van der Waals surface area contributed by atoms with E-state index in [9.17, 15) is 44.1 Å². The lowest BCUT2D eigenvalue weighted by Crippen LogP contribution is -2.36. The highest BCUT2D eigenvalue weighted by Gasteiger charge is 2.45. The number of hydrogen-bond donors (Lipinski definition) is 5. The van der Waals surface area contributed by atoms with Gasteiger partial charge in [0.2, 0.25) is 11.8 Å². The molecule has 0 aromatic heterocycles. The van der Waals surface area contributed by atoms with Crippen molar-refractivity contribution in [2.45, 2.75) is 129 Å². The van der Waals surface area contributed by atoms with Gasteiger partial charge in [-0.15, -0.1) is 23.2 Å². The molecule has 1 saturated heterocycles. The van der Waals surface area contributed by atoms with Gasteiger partial charge in [0.25, 0.3) is 0 Å². The third-order valence-electron chi connectivity index (χ3n) is 10.0. The van der Waals surface area contributed by atoms with Crippen LogP contribution in [-0.2, 0) is 38.1 Å². The topological polar surface area (TPSA) is 248 Å². The quantitative estimate of drug-likeness (QED) is 0.157. The van der Waals surface area contributed by atoms with E-state index in [0.29, 0.717) is 22.4 Å². The molecule has 2 amide bonds. The molecule has 0 unspecified atom stereocenters. The van der Waals surface area contributed by atoms with Gasteiger partial charge in [-0.3, -0.25) is 19.2 Å². The molecule has 5 rings (SSSR count). The molecule has 342 valence electrons. The number of hydrogen-bond acceptors (Lipinski definition) is 14. The fourth-order valence-electron chi connectivity index (χ4n) is 6.46. The van der Waals surface area contributed by atoms with Gasteiger partial charge in [0.15, 0.2) is 17.4 Å². The van der Waals surface area contributed by atoms with Crippen LogP contribution in [0.2, 0.25) is 0 Å². The maximum Gasteiger partial charge on any atom is 0.344 e. The Morgan fingerprint density at radius 3 is 1.78 bits per heavy atom. The van der Waals surface area contributed by atoms with Gasteiger partial charge in [0, 0.05) is 11.8 Å². The van der Waals surface area contributed by atoms with E-state index < -0.39 is 77.3 Å². The van der Waals surface area contributed by atoms with Crippen molar-refractivity contribution >= 4 is 69.9 Å². The number of amides is 2. The smallest absolute Gasteiger partial charge is 0.344 e. The van der Waals surface area contributed by atoms with Crippen LogP contribution in [0.4, 0.5) is 11.4 Å². The number of rotatable bonds is 1. The Morgan fingerprint density at radius 2 is 1.25 bits per heavy atom. The van der Waals surface area contributed by atoms with Crippen molar-refractivity contribution in [3.8, 4) is 11.8 Å². The fourth-order valence-corrected chi connectivity index (χ4v) is 6.60. The zero-order chi connectivity index (χ0) is 47.5. The number of nitriles is 1. The molecule has 0 spiro atoms. The number of carbonyl (C=O) groups is 6. The number of nitrogens with one attached hydrogen (secondary N) is 2. The lowest BCUT2D eigenvalue weighted by atomic mass is 9.99. The number of phenols is 1. The minimum atomic E-state index is -1.76. The van der Waals surface area contributed by atoms with E-state index in [-0.39, 0.29) is 53.4 Å². The number of aryl methyl sites for hydroxylation is 3. The minimum absolute atomic E-state index is 0.0166. The van der Waals surface area contributed by atoms with Crippen LogP contribution >= 0.6 is 23.2 Å².